The molecule has 0 radical (unpaired) electrons. The molecule has 0 saturated carbocycles. The van der Waals surface area contributed by atoms with Crippen molar-refractivity contribution in [2.45, 2.75) is 18.2 Å². The van der Waals surface area contributed by atoms with Crippen molar-refractivity contribution in [2.24, 2.45) is 5.10 Å². The highest BCUT2D eigenvalue weighted by Gasteiger charge is 2.59. The van der Waals surface area contributed by atoms with E-state index in [4.69, 9.17) is 9.47 Å². The van der Waals surface area contributed by atoms with Crippen LogP contribution in [0.3, 0.4) is 0 Å². The smallest absolute Gasteiger partial charge is 0.365 e. The Hall–Kier alpha value is -3.51. The Bertz CT molecular complexity index is 1220. The number of nitrogens with zero attached hydrogens (tertiary/aromatic N) is 4. The number of para-hydroxylation sites is 3. The van der Waals surface area contributed by atoms with Gasteiger partial charge in [-0.25, -0.2) is 14.6 Å². The number of hydrogen-bond acceptors (Lipinski definition) is 11. The maximum Gasteiger partial charge on any atom is 0.365 e. The minimum Gasteiger partial charge on any atom is -0.465 e. The maximum absolute atomic E-state index is 12.7. The lowest BCUT2D eigenvalue weighted by atomic mass is 10.2. The van der Waals surface area contributed by atoms with Crippen LogP contribution in [-0.2, 0) is 19.1 Å². The average molecular weight is 501 g/mol. The first kappa shape index (κ1) is 23.6. The summed E-state index contributed by atoms with van der Waals surface area (Å²) in [7, 11) is 1.28. The van der Waals surface area contributed by atoms with Crippen LogP contribution in [0, 0.1) is 10.1 Å². The quantitative estimate of drug-likeness (QED) is 0.323. The monoisotopic (exact) mass is 500 g/mol. The van der Waals surface area contributed by atoms with Gasteiger partial charge in [-0.1, -0.05) is 42.1 Å². The first-order valence-electron chi connectivity index (χ1n) is 10.2. The Kier molecular flexibility index (Phi) is 6.53. The summed E-state index contributed by atoms with van der Waals surface area (Å²) >= 11 is 2.15. The fourth-order valence-corrected chi connectivity index (χ4v) is 6.57. The summed E-state index contributed by atoms with van der Waals surface area (Å²) < 4.78 is 8.87. The van der Waals surface area contributed by atoms with Crippen molar-refractivity contribution >= 4 is 57.6 Å². The highest BCUT2D eigenvalue weighted by molar-refractivity contribution is 8.29. The van der Waals surface area contributed by atoms with E-state index < -0.39 is 21.2 Å². The van der Waals surface area contributed by atoms with E-state index in [-0.39, 0.29) is 23.0 Å². The number of allylic oxidation sites excluding steroid dienone is 1. The number of esters is 2. The van der Waals surface area contributed by atoms with Crippen LogP contribution in [0.4, 0.5) is 17.1 Å². The zero-order valence-corrected chi connectivity index (χ0v) is 20.1. The lowest BCUT2D eigenvalue weighted by Gasteiger charge is -2.40. The number of benzene rings is 2. The molecule has 10 nitrogen and oxygen atoms in total. The third-order valence-corrected chi connectivity index (χ3v) is 7.86. The molecule has 1 unspecified atom stereocenters. The van der Waals surface area contributed by atoms with Crippen LogP contribution in [0.1, 0.15) is 13.8 Å². The summed E-state index contributed by atoms with van der Waals surface area (Å²) in [6.45, 7) is 3.56. The first-order valence-corrected chi connectivity index (χ1v) is 11.8. The zero-order valence-electron chi connectivity index (χ0n) is 18.5. The molecule has 0 saturated heterocycles. The van der Waals surface area contributed by atoms with Gasteiger partial charge in [0.1, 0.15) is 10.6 Å². The SMILES string of the molecule is CCOC(=O)C1=NN(c2ccccc2[N+](=O)[O-])C2(S1)SC(C(=O)OC)=C(C)N2c1ccccc1. The fraction of sp³-hybridized carbons (Fsp3) is 0.227. The molecular formula is C22H20N4O6S2. The van der Waals surface area contributed by atoms with Gasteiger partial charge in [-0.05, 0) is 43.8 Å². The predicted octanol–water partition coefficient (Wildman–Crippen LogP) is 4.29. The van der Waals surface area contributed by atoms with E-state index in [2.05, 4.69) is 5.10 Å². The average Bonchev–Trinajstić information content (AvgIpc) is 3.36. The zero-order chi connectivity index (χ0) is 24.5. The number of carbonyl (C=O) groups excluding carboxylic acids is 2. The van der Waals surface area contributed by atoms with Crippen LogP contribution in [0.5, 0.6) is 0 Å². The summed E-state index contributed by atoms with van der Waals surface area (Å²) in [6, 6.07) is 15.3. The molecule has 0 aliphatic carbocycles. The third-order valence-electron chi connectivity index (χ3n) is 5.01. The van der Waals surface area contributed by atoms with Crippen molar-refractivity contribution < 1.29 is 24.0 Å². The van der Waals surface area contributed by atoms with Crippen LogP contribution < -0.4 is 9.91 Å². The molecule has 1 atom stereocenters. The van der Waals surface area contributed by atoms with Gasteiger partial charge in [0.25, 0.3) is 5.69 Å². The van der Waals surface area contributed by atoms with Crippen molar-refractivity contribution in [2.75, 3.05) is 23.6 Å². The van der Waals surface area contributed by atoms with E-state index in [0.29, 0.717) is 16.3 Å². The van der Waals surface area contributed by atoms with Crippen LogP contribution in [0.25, 0.3) is 0 Å². The van der Waals surface area contributed by atoms with E-state index in [1.165, 1.54) is 18.2 Å². The molecule has 0 bridgehead atoms. The van der Waals surface area contributed by atoms with E-state index in [9.17, 15) is 19.7 Å². The van der Waals surface area contributed by atoms with Gasteiger partial charge in [0, 0.05) is 17.5 Å². The lowest BCUT2D eigenvalue weighted by Crippen LogP contribution is -2.49. The van der Waals surface area contributed by atoms with Crippen molar-refractivity contribution in [3.05, 3.63) is 75.3 Å². The highest BCUT2D eigenvalue weighted by atomic mass is 32.2. The second-order valence-corrected chi connectivity index (χ2v) is 9.61. The molecular weight excluding hydrogens is 480 g/mol. The molecule has 0 N–H and O–H groups in total. The number of carbonyl (C=O) groups is 2. The van der Waals surface area contributed by atoms with Gasteiger partial charge in [0.15, 0.2) is 0 Å². The second-order valence-electron chi connectivity index (χ2n) is 7.01. The van der Waals surface area contributed by atoms with Crippen LogP contribution >= 0.6 is 23.5 Å². The van der Waals surface area contributed by atoms with Crippen molar-refractivity contribution in [3.8, 4) is 0 Å². The predicted molar refractivity (Wildman–Crippen MR) is 131 cm³/mol. The van der Waals surface area contributed by atoms with Crippen LogP contribution in [-0.4, -0.2) is 39.9 Å². The van der Waals surface area contributed by atoms with Gasteiger partial charge in [-0.15, -0.1) is 0 Å². The summed E-state index contributed by atoms with van der Waals surface area (Å²) in [5.41, 5.74) is 1.21. The van der Waals surface area contributed by atoms with Crippen molar-refractivity contribution in [3.63, 3.8) is 0 Å². The molecule has 0 amide bonds. The van der Waals surface area contributed by atoms with E-state index in [1.54, 1.807) is 32.0 Å². The summed E-state index contributed by atoms with van der Waals surface area (Å²) in [5, 5.41) is 17.7. The van der Waals surface area contributed by atoms with Gasteiger partial charge < -0.3 is 14.4 Å². The normalized spacial score (nSPS) is 19.4. The summed E-state index contributed by atoms with van der Waals surface area (Å²) in [6.07, 6.45) is 0. The molecule has 0 aromatic heterocycles. The number of nitro groups is 1. The Morgan fingerprint density at radius 1 is 1.09 bits per heavy atom. The number of nitro benzene ring substituents is 1. The van der Waals surface area contributed by atoms with Crippen molar-refractivity contribution in [1.82, 2.24) is 0 Å². The van der Waals surface area contributed by atoms with Crippen LogP contribution in [0.15, 0.2) is 70.3 Å². The first-order chi connectivity index (χ1) is 16.3. The molecule has 34 heavy (non-hydrogen) atoms. The second kappa shape index (κ2) is 9.39. The van der Waals surface area contributed by atoms with Crippen LogP contribution in [0.2, 0.25) is 0 Å². The Morgan fingerprint density at radius 3 is 2.41 bits per heavy atom. The van der Waals surface area contributed by atoms with Gasteiger partial charge in [-0.3, -0.25) is 10.1 Å². The Balaban J connectivity index is 1.95. The highest BCUT2D eigenvalue weighted by Crippen LogP contribution is 2.61. The molecule has 0 fully saturated rings. The Labute approximate surface area is 203 Å². The number of hydrogen-bond donors (Lipinski definition) is 0. The summed E-state index contributed by atoms with van der Waals surface area (Å²) in [5.74, 6) is -1.22. The minimum atomic E-state index is -1.30. The molecule has 176 valence electrons. The van der Waals surface area contributed by atoms with Gasteiger partial charge in [-0.2, -0.15) is 5.10 Å². The lowest BCUT2D eigenvalue weighted by molar-refractivity contribution is -0.384. The molecule has 2 aromatic rings. The molecule has 2 aliphatic heterocycles. The number of ether oxygens (including phenoxy) is 2. The number of anilines is 2. The maximum atomic E-state index is 12.7. The topological polar surface area (TPSA) is 115 Å². The van der Waals surface area contributed by atoms with Gasteiger partial charge in [0.2, 0.25) is 9.37 Å². The van der Waals surface area contributed by atoms with Crippen molar-refractivity contribution in [1.29, 1.82) is 0 Å². The molecule has 2 aliphatic rings. The number of methoxy groups -OCH3 is 1. The van der Waals surface area contributed by atoms with Gasteiger partial charge >= 0.3 is 11.9 Å². The fourth-order valence-electron chi connectivity index (χ4n) is 3.61. The third kappa shape index (κ3) is 3.88. The summed E-state index contributed by atoms with van der Waals surface area (Å²) in [4.78, 5) is 38.9. The number of thioether (sulfide) groups is 2. The molecule has 1 spiro atoms. The molecule has 2 aromatic carbocycles. The number of hydrazone groups is 1. The van der Waals surface area contributed by atoms with Gasteiger partial charge in [0.05, 0.1) is 18.6 Å². The standard InChI is InChI=1S/C22H20N4O6S2/c1-4-32-21(28)19-23-25(16-12-8-9-13-17(16)26(29)30)22(34-19)24(15-10-6-5-7-11-15)14(2)18(33-22)20(27)31-3/h5-13H,4H2,1-3H3. The largest absolute Gasteiger partial charge is 0.465 e. The Morgan fingerprint density at radius 2 is 1.76 bits per heavy atom. The molecule has 2 heterocycles. The minimum absolute atomic E-state index is 0.00680. The molecule has 12 heteroatoms. The van der Waals surface area contributed by atoms with E-state index >= 15 is 0 Å². The molecule has 4 rings (SSSR count). The number of rotatable bonds is 6. The van der Waals surface area contributed by atoms with E-state index in [1.807, 2.05) is 35.2 Å². The van der Waals surface area contributed by atoms with E-state index in [0.717, 1.165) is 23.5 Å².